The van der Waals surface area contributed by atoms with Crippen LogP contribution in [-0.4, -0.2) is 15.6 Å². The maximum Gasteiger partial charge on any atom is 0.335 e. The average Bonchev–Trinajstić information content (AvgIpc) is 2.70. The highest BCUT2D eigenvalue weighted by Gasteiger charge is 2.22. The molecule has 0 radical (unpaired) electrons. The van der Waals surface area contributed by atoms with Gasteiger partial charge in [0.05, 0.1) is 11.1 Å². The minimum Gasteiger partial charge on any atom is -0.478 e. The van der Waals surface area contributed by atoms with Crippen LogP contribution in [0.4, 0.5) is 0 Å². The fourth-order valence-electron chi connectivity index (χ4n) is 3.47. The van der Waals surface area contributed by atoms with Gasteiger partial charge >= 0.3 is 5.97 Å². The Kier molecular flexibility index (Phi) is 4.64. The maximum atomic E-state index is 11.5. The monoisotopic (exact) mass is 301 g/mol. The summed E-state index contributed by atoms with van der Waals surface area (Å²) in [4.78, 5) is 11.5. The van der Waals surface area contributed by atoms with Crippen LogP contribution in [0.2, 0.25) is 0 Å². The lowest BCUT2D eigenvalue weighted by atomic mass is 9.93. The first kappa shape index (κ1) is 16.6. The summed E-state index contributed by atoms with van der Waals surface area (Å²) in [6.07, 6.45) is 1.07. The SMILES string of the molecule is CCCn1c(C)c(C(C)C)c2cc(C(=O)O)cc(C(C)C)c21. The van der Waals surface area contributed by atoms with E-state index < -0.39 is 5.97 Å². The summed E-state index contributed by atoms with van der Waals surface area (Å²) < 4.78 is 2.38. The zero-order chi connectivity index (χ0) is 16.6. The molecule has 22 heavy (non-hydrogen) atoms. The summed E-state index contributed by atoms with van der Waals surface area (Å²) in [5, 5.41) is 10.6. The van der Waals surface area contributed by atoms with Crippen LogP contribution < -0.4 is 0 Å². The third-order valence-corrected chi connectivity index (χ3v) is 4.39. The van der Waals surface area contributed by atoms with Crippen LogP contribution in [-0.2, 0) is 6.54 Å². The molecular weight excluding hydrogens is 274 g/mol. The van der Waals surface area contributed by atoms with Gasteiger partial charge < -0.3 is 9.67 Å². The zero-order valence-corrected chi connectivity index (χ0v) is 14.5. The molecule has 0 fully saturated rings. The molecule has 0 atom stereocenters. The van der Waals surface area contributed by atoms with Gasteiger partial charge in [-0.25, -0.2) is 4.79 Å². The Hall–Kier alpha value is -1.77. The number of carboxylic acid groups (broad SMARTS) is 1. The third-order valence-electron chi connectivity index (χ3n) is 4.39. The quantitative estimate of drug-likeness (QED) is 0.813. The van der Waals surface area contributed by atoms with Crippen molar-refractivity contribution >= 4 is 16.9 Å². The molecule has 1 aromatic carbocycles. The molecule has 0 bridgehead atoms. The van der Waals surface area contributed by atoms with E-state index >= 15 is 0 Å². The third kappa shape index (κ3) is 2.65. The van der Waals surface area contributed by atoms with E-state index in [1.54, 1.807) is 0 Å². The second-order valence-corrected chi connectivity index (χ2v) is 6.73. The summed E-state index contributed by atoms with van der Waals surface area (Å²) in [5.74, 6) is -0.171. The van der Waals surface area contributed by atoms with E-state index in [0.717, 1.165) is 23.9 Å². The predicted octanol–water partition coefficient (Wildman–Crippen LogP) is 5.30. The molecule has 1 N–H and O–H groups in total. The van der Waals surface area contributed by atoms with Crippen LogP contribution in [0.3, 0.4) is 0 Å². The second kappa shape index (κ2) is 6.15. The van der Waals surface area contributed by atoms with Gasteiger partial charge in [0, 0.05) is 17.6 Å². The maximum absolute atomic E-state index is 11.5. The van der Waals surface area contributed by atoms with Gasteiger partial charge in [-0.05, 0) is 48.4 Å². The first-order valence-electron chi connectivity index (χ1n) is 8.19. The van der Waals surface area contributed by atoms with Crippen LogP contribution in [0.25, 0.3) is 10.9 Å². The van der Waals surface area contributed by atoms with Crippen LogP contribution in [0.5, 0.6) is 0 Å². The highest BCUT2D eigenvalue weighted by Crippen LogP contribution is 2.37. The number of aromatic carboxylic acids is 1. The highest BCUT2D eigenvalue weighted by atomic mass is 16.4. The molecule has 1 aromatic heterocycles. The van der Waals surface area contributed by atoms with Gasteiger partial charge in [-0.2, -0.15) is 0 Å². The predicted molar refractivity (Wildman–Crippen MR) is 92.1 cm³/mol. The smallest absolute Gasteiger partial charge is 0.335 e. The van der Waals surface area contributed by atoms with E-state index in [4.69, 9.17) is 0 Å². The largest absolute Gasteiger partial charge is 0.478 e. The van der Waals surface area contributed by atoms with Crippen molar-refractivity contribution in [2.24, 2.45) is 0 Å². The first-order chi connectivity index (χ1) is 10.3. The van der Waals surface area contributed by atoms with Crippen molar-refractivity contribution < 1.29 is 9.90 Å². The molecule has 3 heteroatoms. The molecule has 0 aliphatic rings. The highest BCUT2D eigenvalue weighted by molar-refractivity contribution is 5.97. The topological polar surface area (TPSA) is 42.2 Å². The summed E-state index contributed by atoms with van der Waals surface area (Å²) in [5.41, 5.74) is 5.32. The lowest BCUT2D eigenvalue weighted by Crippen LogP contribution is -2.04. The number of aryl methyl sites for hydroxylation is 1. The van der Waals surface area contributed by atoms with Gasteiger partial charge in [-0.1, -0.05) is 34.6 Å². The lowest BCUT2D eigenvalue weighted by Gasteiger charge is -2.14. The minimum atomic E-state index is -0.848. The second-order valence-electron chi connectivity index (χ2n) is 6.73. The first-order valence-corrected chi connectivity index (χ1v) is 8.19. The average molecular weight is 301 g/mol. The van der Waals surface area contributed by atoms with Crippen molar-refractivity contribution in [1.82, 2.24) is 4.57 Å². The molecule has 1 heterocycles. The van der Waals surface area contributed by atoms with Crippen molar-refractivity contribution in [1.29, 1.82) is 0 Å². The van der Waals surface area contributed by atoms with Crippen LogP contribution in [0, 0.1) is 6.92 Å². The molecule has 0 saturated carbocycles. The summed E-state index contributed by atoms with van der Waals surface area (Å²) in [6.45, 7) is 13.9. The van der Waals surface area contributed by atoms with E-state index in [-0.39, 0.29) is 0 Å². The van der Waals surface area contributed by atoms with Gasteiger partial charge in [-0.15, -0.1) is 0 Å². The van der Waals surface area contributed by atoms with Crippen molar-refractivity contribution in [2.45, 2.75) is 66.3 Å². The van der Waals surface area contributed by atoms with E-state index in [1.807, 2.05) is 12.1 Å². The van der Waals surface area contributed by atoms with Crippen LogP contribution in [0.1, 0.15) is 80.1 Å². The molecule has 0 saturated heterocycles. The molecule has 2 rings (SSSR count). The number of carboxylic acids is 1. The Morgan fingerprint density at radius 3 is 2.27 bits per heavy atom. The van der Waals surface area contributed by atoms with Gasteiger partial charge in [0.25, 0.3) is 0 Å². The number of hydrogen-bond donors (Lipinski definition) is 1. The standard InChI is InChI=1S/C19H27NO2/c1-7-8-20-13(6)17(12(4)5)16-10-14(19(21)22)9-15(11(2)3)18(16)20/h9-12H,7-8H2,1-6H3,(H,21,22). The number of aromatic nitrogens is 1. The molecular formula is C19H27NO2. The van der Waals surface area contributed by atoms with Gasteiger partial charge in [0.15, 0.2) is 0 Å². The molecule has 0 amide bonds. The van der Waals surface area contributed by atoms with Crippen molar-refractivity contribution in [3.05, 3.63) is 34.5 Å². The molecule has 0 spiro atoms. The van der Waals surface area contributed by atoms with E-state index in [2.05, 4.69) is 46.1 Å². The van der Waals surface area contributed by atoms with Gasteiger partial charge in [-0.3, -0.25) is 0 Å². The molecule has 120 valence electrons. The lowest BCUT2D eigenvalue weighted by molar-refractivity contribution is 0.0697. The minimum absolute atomic E-state index is 0.298. The van der Waals surface area contributed by atoms with E-state index in [0.29, 0.717) is 17.4 Å². The van der Waals surface area contributed by atoms with Crippen LogP contribution >= 0.6 is 0 Å². The van der Waals surface area contributed by atoms with Crippen LogP contribution in [0.15, 0.2) is 12.1 Å². The Balaban J connectivity index is 2.96. The number of nitrogens with zero attached hydrogens (tertiary/aromatic N) is 1. The molecule has 3 nitrogen and oxygen atoms in total. The Morgan fingerprint density at radius 2 is 1.82 bits per heavy atom. The van der Waals surface area contributed by atoms with E-state index in [1.165, 1.54) is 16.8 Å². The van der Waals surface area contributed by atoms with Crippen molar-refractivity contribution in [3.8, 4) is 0 Å². The summed E-state index contributed by atoms with van der Waals surface area (Å²) in [6, 6.07) is 3.71. The van der Waals surface area contributed by atoms with Crippen molar-refractivity contribution in [3.63, 3.8) is 0 Å². The fraction of sp³-hybridized carbons (Fsp3) is 0.526. The summed E-state index contributed by atoms with van der Waals surface area (Å²) >= 11 is 0. The fourth-order valence-corrected chi connectivity index (χ4v) is 3.47. The molecule has 0 unspecified atom stereocenters. The van der Waals surface area contributed by atoms with E-state index in [9.17, 15) is 9.90 Å². The normalized spacial score (nSPS) is 11.8. The zero-order valence-electron chi connectivity index (χ0n) is 14.5. The number of benzene rings is 1. The number of hydrogen-bond acceptors (Lipinski definition) is 1. The van der Waals surface area contributed by atoms with Gasteiger partial charge in [0.1, 0.15) is 0 Å². The number of fused-ring (bicyclic) bond motifs is 1. The molecule has 2 aromatic rings. The Morgan fingerprint density at radius 1 is 1.18 bits per heavy atom. The van der Waals surface area contributed by atoms with Crippen molar-refractivity contribution in [2.75, 3.05) is 0 Å². The van der Waals surface area contributed by atoms with Gasteiger partial charge in [0.2, 0.25) is 0 Å². The molecule has 0 aliphatic heterocycles. The Bertz CT molecular complexity index is 708. The summed E-state index contributed by atoms with van der Waals surface area (Å²) in [7, 11) is 0. The number of carbonyl (C=O) groups is 1. The Labute approximate surface area is 133 Å². The molecule has 0 aliphatic carbocycles. The number of rotatable bonds is 5.